The standard InChI is InChI=1S/C33H33N3O3/c1-22(37)36-16-12-24(20-36)19-35-15-13-25-7-5-23(17-29(25)21-35)6-8-27-3-2-4-30(33(38)39)32(27)28-10-9-26-11-14-34-31(26)18-28/h2-5,7,9-11,14,17-18,24,33-34,38-39H,12-13,15-16,19-21H2,1H3. The van der Waals surface area contributed by atoms with Gasteiger partial charge in [-0.2, -0.15) is 0 Å². The number of aromatic nitrogens is 1. The van der Waals surface area contributed by atoms with Crippen LogP contribution in [0.1, 0.15) is 47.5 Å². The van der Waals surface area contributed by atoms with Crippen molar-refractivity contribution in [2.75, 3.05) is 26.2 Å². The number of benzene rings is 3. The Morgan fingerprint density at radius 2 is 1.95 bits per heavy atom. The molecule has 1 amide bonds. The van der Waals surface area contributed by atoms with E-state index < -0.39 is 6.29 Å². The fourth-order valence-electron chi connectivity index (χ4n) is 6.04. The molecule has 0 saturated carbocycles. The van der Waals surface area contributed by atoms with Gasteiger partial charge in [0.1, 0.15) is 0 Å². The number of carbonyl (C=O) groups excluding carboxylic acids is 1. The van der Waals surface area contributed by atoms with Gasteiger partial charge in [-0.15, -0.1) is 0 Å². The van der Waals surface area contributed by atoms with Crippen molar-refractivity contribution in [3.05, 3.63) is 94.7 Å². The van der Waals surface area contributed by atoms with Gasteiger partial charge in [0.2, 0.25) is 5.91 Å². The lowest BCUT2D eigenvalue weighted by Gasteiger charge is -2.31. The Morgan fingerprint density at radius 1 is 1.05 bits per heavy atom. The zero-order valence-corrected chi connectivity index (χ0v) is 22.2. The van der Waals surface area contributed by atoms with Gasteiger partial charge in [-0.1, -0.05) is 42.2 Å². The number of H-pyrrole nitrogens is 1. The molecule has 6 heteroatoms. The average molecular weight is 520 g/mol. The van der Waals surface area contributed by atoms with E-state index in [-0.39, 0.29) is 5.91 Å². The Balaban J connectivity index is 1.26. The number of fused-ring (bicyclic) bond motifs is 2. The monoisotopic (exact) mass is 519 g/mol. The molecule has 2 aliphatic rings. The van der Waals surface area contributed by atoms with Crippen molar-refractivity contribution in [1.82, 2.24) is 14.8 Å². The zero-order valence-electron chi connectivity index (χ0n) is 22.2. The molecule has 0 radical (unpaired) electrons. The molecule has 6 rings (SSSR count). The van der Waals surface area contributed by atoms with E-state index in [9.17, 15) is 15.0 Å². The first kappa shape index (κ1) is 25.4. The van der Waals surface area contributed by atoms with Gasteiger partial charge in [0.15, 0.2) is 6.29 Å². The van der Waals surface area contributed by atoms with Gasteiger partial charge in [0.25, 0.3) is 0 Å². The van der Waals surface area contributed by atoms with Crippen LogP contribution >= 0.6 is 0 Å². The number of aliphatic hydroxyl groups is 2. The first-order valence-electron chi connectivity index (χ1n) is 13.6. The molecule has 0 aliphatic carbocycles. The van der Waals surface area contributed by atoms with Gasteiger partial charge >= 0.3 is 0 Å². The van der Waals surface area contributed by atoms with E-state index in [1.807, 2.05) is 47.5 Å². The molecule has 0 spiro atoms. The molecule has 6 nitrogen and oxygen atoms in total. The van der Waals surface area contributed by atoms with E-state index in [0.717, 1.165) is 78.7 Å². The second-order valence-corrected chi connectivity index (χ2v) is 10.8. The molecule has 3 aromatic carbocycles. The summed E-state index contributed by atoms with van der Waals surface area (Å²) in [6.45, 7) is 6.36. The van der Waals surface area contributed by atoms with Crippen LogP contribution in [0.15, 0.2) is 66.9 Å². The maximum atomic E-state index is 11.7. The van der Waals surface area contributed by atoms with Crippen molar-refractivity contribution in [2.24, 2.45) is 5.92 Å². The SMILES string of the molecule is CC(=O)N1CCC(CN2CCc3ccc(C#Cc4cccc(C(O)O)c4-c4ccc5cc[nH]c5c4)cc3C2)C1. The summed E-state index contributed by atoms with van der Waals surface area (Å²) in [6.07, 6.45) is 2.40. The molecule has 4 aromatic rings. The van der Waals surface area contributed by atoms with E-state index >= 15 is 0 Å². The predicted octanol–water partition coefficient (Wildman–Crippen LogP) is 4.44. The third-order valence-corrected chi connectivity index (χ3v) is 8.11. The Labute approximate surface area is 228 Å². The molecule has 1 unspecified atom stereocenters. The predicted molar refractivity (Wildman–Crippen MR) is 153 cm³/mol. The zero-order chi connectivity index (χ0) is 26.9. The molecule has 0 bridgehead atoms. The summed E-state index contributed by atoms with van der Waals surface area (Å²) in [4.78, 5) is 19.4. The third kappa shape index (κ3) is 5.35. The van der Waals surface area contributed by atoms with Crippen LogP contribution in [0.5, 0.6) is 0 Å². The summed E-state index contributed by atoms with van der Waals surface area (Å²) in [5, 5.41) is 21.3. The number of rotatable bonds is 4. The summed E-state index contributed by atoms with van der Waals surface area (Å²) in [6, 6.07) is 20.0. The largest absolute Gasteiger partial charge is 0.364 e. The number of nitrogens with one attached hydrogen (secondary N) is 1. The van der Waals surface area contributed by atoms with Crippen LogP contribution in [0, 0.1) is 17.8 Å². The number of hydrogen-bond donors (Lipinski definition) is 3. The van der Waals surface area contributed by atoms with Crippen molar-refractivity contribution in [3.63, 3.8) is 0 Å². The van der Waals surface area contributed by atoms with Gasteiger partial charge in [0, 0.05) is 73.6 Å². The molecule has 1 saturated heterocycles. The third-order valence-electron chi connectivity index (χ3n) is 8.11. The van der Waals surface area contributed by atoms with Gasteiger partial charge in [-0.05, 0) is 71.2 Å². The Hall–Kier alpha value is -3.89. The molecule has 1 aromatic heterocycles. The number of aromatic amines is 1. The van der Waals surface area contributed by atoms with E-state index in [1.54, 1.807) is 13.0 Å². The van der Waals surface area contributed by atoms with Crippen molar-refractivity contribution in [3.8, 4) is 23.0 Å². The van der Waals surface area contributed by atoms with Crippen LogP contribution in [0.3, 0.4) is 0 Å². The number of carbonyl (C=O) groups is 1. The first-order chi connectivity index (χ1) is 18.9. The van der Waals surface area contributed by atoms with Crippen LogP contribution in [0.4, 0.5) is 0 Å². The quantitative estimate of drug-likeness (QED) is 0.275. The highest BCUT2D eigenvalue weighted by Gasteiger charge is 2.27. The van der Waals surface area contributed by atoms with Crippen molar-refractivity contribution < 1.29 is 15.0 Å². The minimum Gasteiger partial charge on any atom is -0.364 e. The van der Waals surface area contributed by atoms with Crippen molar-refractivity contribution >= 4 is 16.8 Å². The summed E-state index contributed by atoms with van der Waals surface area (Å²) < 4.78 is 0. The van der Waals surface area contributed by atoms with E-state index in [4.69, 9.17) is 0 Å². The fourth-order valence-corrected chi connectivity index (χ4v) is 6.04. The lowest BCUT2D eigenvalue weighted by atomic mass is 9.93. The molecule has 3 N–H and O–H groups in total. The highest BCUT2D eigenvalue weighted by atomic mass is 16.5. The smallest absolute Gasteiger partial charge is 0.219 e. The minimum absolute atomic E-state index is 0.178. The van der Waals surface area contributed by atoms with Gasteiger partial charge in [-0.25, -0.2) is 0 Å². The highest BCUT2D eigenvalue weighted by Crippen LogP contribution is 2.33. The Morgan fingerprint density at radius 3 is 2.77 bits per heavy atom. The highest BCUT2D eigenvalue weighted by molar-refractivity contribution is 5.87. The van der Waals surface area contributed by atoms with Crippen molar-refractivity contribution in [1.29, 1.82) is 0 Å². The second kappa shape index (κ2) is 10.7. The minimum atomic E-state index is -1.60. The molecule has 2 aliphatic heterocycles. The second-order valence-electron chi connectivity index (χ2n) is 10.8. The molecular formula is C33H33N3O3. The lowest BCUT2D eigenvalue weighted by molar-refractivity contribution is -0.127. The molecule has 1 fully saturated rings. The maximum absolute atomic E-state index is 11.7. The number of likely N-dealkylation sites (tertiary alicyclic amines) is 1. The molecule has 1 atom stereocenters. The first-order valence-corrected chi connectivity index (χ1v) is 13.6. The maximum Gasteiger partial charge on any atom is 0.219 e. The van der Waals surface area contributed by atoms with Crippen LogP contribution in [0.25, 0.3) is 22.0 Å². The van der Waals surface area contributed by atoms with Crippen molar-refractivity contribution in [2.45, 2.75) is 32.6 Å². The van der Waals surface area contributed by atoms with E-state index in [1.165, 1.54) is 11.1 Å². The summed E-state index contributed by atoms with van der Waals surface area (Å²) >= 11 is 0. The summed E-state index contributed by atoms with van der Waals surface area (Å²) in [5.74, 6) is 7.38. The molecule has 3 heterocycles. The van der Waals surface area contributed by atoms with Crippen LogP contribution in [-0.4, -0.2) is 57.1 Å². The molecule has 198 valence electrons. The van der Waals surface area contributed by atoms with Crippen LogP contribution in [-0.2, 0) is 17.8 Å². The fraction of sp³-hybridized carbons (Fsp3) is 0.303. The van der Waals surface area contributed by atoms with E-state index in [2.05, 4.69) is 39.9 Å². The normalized spacial score (nSPS) is 17.3. The lowest BCUT2D eigenvalue weighted by Crippen LogP contribution is -2.36. The average Bonchev–Trinajstić information content (AvgIpc) is 3.61. The number of amides is 1. The van der Waals surface area contributed by atoms with E-state index in [0.29, 0.717) is 11.5 Å². The number of aliphatic hydroxyl groups excluding tert-OH is 1. The van der Waals surface area contributed by atoms with Crippen LogP contribution < -0.4 is 0 Å². The van der Waals surface area contributed by atoms with Gasteiger partial charge in [-0.3, -0.25) is 9.69 Å². The Kier molecular flexibility index (Phi) is 6.97. The van der Waals surface area contributed by atoms with Crippen LogP contribution in [0.2, 0.25) is 0 Å². The number of hydrogen-bond acceptors (Lipinski definition) is 4. The van der Waals surface area contributed by atoms with Gasteiger partial charge < -0.3 is 20.1 Å². The Bertz CT molecular complexity index is 1590. The number of nitrogens with zero attached hydrogens (tertiary/aromatic N) is 2. The summed E-state index contributed by atoms with van der Waals surface area (Å²) in [7, 11) is 0. The topological polar surface area (TPSA) is 79.8 Å². The summed E-state index contributed by atoms with van der Waals surface area (Å²) in [5.41, 5.74) is 7.42. The molecular weight excluding hydrogens is 486 g/mol. The molecule has 39 heavy (non-hydrogen) atoms. The van der Waals surface area contributed by atoms with Gasteiger partial charge in [0.05, 0.1) is 0 Å².